The molecular formula is C37H50O12. The molecule has 12 nitrogen and oxygen atoms in total. The largest absolute Gasteiger partial charge is 0.472 e. The van der Waals surface area contributed by atoms with Crippen LogP contribution in [0.5, 0.6) is 0 Å². The van der Waals surface area contributed by atoms with E-state index in [-0.39, 0.29) is 25.4 Å². The Morgan fingerprint density at radius 1 is 0.918 bits per heavy atom. The first-order valence-electron chi connectivity index (χ1n) is 17.0. The van der Waals surface area contributed by atoms with E-state index in [4.69, 9.17) is 32.8 Å². The van der Waals surface area contributed by atoms with Gasteiger partial charge in [0.15, 0.2) is 0 Å². The zero-order valence-corrected chi connectivity index (χ0v) is 30.2. The van der Waals surface area contributed by atoms with E-state index in [0.29, 0.717) is 12.0 Å². The summed E-state index contributed by atoms with van der Waals surface area (Å²) in [5.41, 5.74) is -0.578. The highest BCUT2D eigenvalue weighted by Crippen LogP contribution is 2.72. The molecule has 4 aliphatic rings. The van der Waals surface area contributed by atoms with Crippen LogP contribution in [-0.2, 0) is 52.4 Å². The van der Waals surface area contributed by atoms with Crippen molar-refractivity contribution in [1.29, 1.82) is 0 Å². The Labute approximate surface area is 287 Å². The van der Waals surface area contributed by atoms with Crippen molar-refractivity contribution >= 4 is 29.8 Å². The van der Waals surface area contributed by atoms with Gasteiger partial charge in [-0.3, -0.25) is 24.0 Å². The van der Waals surface area contributed by atoms with Gasteiger partial charge in [-0.25, -0.2) is 0 Å². The molecule has 0 N–H and O–H groups in total. The molecule has 0 aromatic carbocycles. The Hall–Kier alpha value is -3.67. The maximum atomic E-state index is 13.7. The summed E-state index contributed by atoms with van der Waals surface area (Å²) in [6, 6.07) is 1.86. The summed E-state index contributed by atoms with van der Waals surface area (Å²) in [5, 5.41) is 0. The highest BCUT2D eigenvalue weighted by atomic mass is 16.6. The van der Waals surface area contributed by atoms with Gasteiger partial charge in [0.25, 0.3) is 0 Å². The standard InChI is InChI=1S/C37H50O12/c1-18(2)34(42)49-33-31-32-35(7,17-45-31)27(47-21(5)39)15-28(48-22(6)40)36(32,8)26(14-29(41)43-10)37(33,9)30-19(3)24(23-11-12-44-16-23)13-25(30)46-20(4)38/h11-12,16,18,24-28,31-33H,13-15,17H2,1-10H3/t24-,25+,26-,27-,28+,31-,32+,33-,35-,36+,37-/m1/s1. The van der Waals surface area contributed by atoms with Crippen molar-refractivity contribution < 1.29 is 56.8 Å². The van der Waals surface area contributed by atoms with Gasteiger partial charge in [0.1, 0.15) is 24.4 Å². The minimum Gasteiger partial charge on any atom is -0.472 e. The van der Waals surface area contributed by atoms with Crippen LogP contribution in [0.1, 0.15) is 93.1 Å². The third-order valence-electron chi connectivity index (χ3n) is 12.0. The van der Waals surface area contributed by atoms with Crippen LogP contribution in [0.15, 0.2) is 34.2 Å². The molecule has 49 heavy (non-hydrogen) atoms. The molecule has 12 heteroatoms. The molecule has 0 bridgehead atoms. The fourth-order valence-electron chi connectivity index (χ4n) is 10.1. The Balaban J connectivity index is 1.84. The number of hydrogen-bond donors (Lipinski definition) is 0. The molecule has 5 rings (SSSR count). The molecule has 1 aromatic heterocycles. The Kier molecular flexibility index (Phi) is 9.88. The van der Waals surface area contributed by atoms with Gasteiger partial charge in [-0.1, -0.05) is 40.2 Å². The number of furan rings is 1. The zero-order valence-electron chi connectivity index (χ0n) is 30.2. The molecule has 0 spiro atoms. The lowest BCUT2D eigenvalue weighted by atomic mass is 9.39. The van der Waals surface area contributed by atoms with Crippen molar-refractivity contribution in [2.24, 2.45) is 34.0 Å². The molecule has 1 saturated heterocycles. The number of methoxy groups -OCH3 is 1. The third-order valence-corrected chi connectivity index (χ3v) is 12.0. The van der Waals surface area contributed by atoms with Gasteiger partial charge < -0.3 is 32.8 Å². The highest BCUT2D eigenvalue weighted by molar-refractivity contribution is 5.73. The molecule has 3 aliphatic carbocycles. The summed E-state index contributed by atoms with van der Waals surface area (Å²) in [5.74, 6) is -4.44. The first-order valence-corrected chi connectivity index (χ1v) is 17.0. The van der Waals surface area contributed by atoms with Gasteiger partial charge in [-0.15, -0.1) is 0 Å². The number of ether oxygens (including phenoxy) is 6. The average Bonchev–Trinajstić information content (AvgIpc) is 3.74. The fourth-order valence-corrected chi connectivity index (χ4v) is 10.1. The van der Waals surface area contributed by atoms with Gasteiger partial charge in [-0.05, 0) is 36.5 Å². The van der Waals surface area contributed by atoms with Crippen molar-refractivity contribution in [3.05, 3.63) is 35.3 Å². The number of rotatable bonds is 9. The van der Waals surface area contributed by atoms with Crippen LogP contribution >= 0.6 is 0 Å². The van der Waals surface area contributed by atoms with Gasteiger partial charge in [0, 0.05) is 61.7 Å². The van der Waals surface area contributed by atoms with E-state index in [2.05, 4.69) is 0 Å². The van der Waals surface area contributed by atoms with Crippen molar-refractivity contribution in [1.82, 2.24) is 0 Å². The molecule has 1 aliphatic heterocycles. The first-order chi connectivity index (χ1) is 22.9. The zero-order chi connectivity index (χ0) is 36.2. The molecule has 3 fully saturated rings. The van der Waals surface area contributed by atoms with Gasteiger partial charge in [0.2, 0.25) is 0 Å². The second-order valence-electron chi connectivity index (χ2n) is 15.2. The Morgan fingerprint density at radius 3 is 2.10 bits per heavy atom. The molecule has 1 aromatic rings. The first kappa shape index (κ1) is 36.6. The number of carbonyl (C=O) groups excluding carboxylic acids is 5. The van der Waals surface area contributed by atoms with Crippen LogP contribution in [0, 0.1) is 34.0 Å². The van der Waals surface area contributed by atoms with Crippen LogP contribution in [-0.4, -0.2) is 74.1 Å². The van der Waals surface area contributed by atoms with E-state index >= 15 is 0 Å². The molecule has 0 radical (unpaired) electrons. The summed E-state index contributed by atoms with van der Waals surface area (Å²) in [7, 11) is 1.31. The maximum Gasteiger partial charge on any atom is 0.308 e. The van der Waals surface area contributed by atoms with Gasteiger partial charge in [-0.2, -0.15) is 0 Å². The van der Waals surface area contributed by atoms with E-state index in [9.17, 15) is 24.0 Å². The lowest BCUT2D eigenvalue weighted by Gasteiger charge is -2.66. The summed E-state index contributed by atoms with van der Waals surface area (Å²) >= 11 is 0. The molecule has 0 unspecified atom stereocenters. The predicted molar refractivity (Wildman–Crippen MR) is 172 cm³/mol. The second kappa shape index (κ2) is 13.2. The van der Waals surface area contributed by atoms with Crippen molar-refractivity contribution in [2.75, 3.05) is 13.7 Å². The maximum absolute atomic E-state index is 13.7. The number of allylic oxidation sites excluding steroid dienone is 1. The fraction of sp³-hybridized carbons (Fsp3) is 0.703. The molecule has 2 heterocycles. The van der Waals surface area contributed by atoms with Crippen LogP contribution in [0.2, 0.25) is 0 Å². The average molecular weight is 687 g/mol. The monoisotopic (exact) mass is 686 g/mol. The number of esters is 5. The summed E-state index contributed by atoms with van der Waals surface area (Å²) in [6.07, 6.45) is -0.404. The van der Waals surface area contributed by atoms with E-state index < -0.39 is 94.4 Å². The minimum atomic E-state index is -1.23. The van der Waals surface area contributed by atoms with E-state index in [0.717, 1.165) is 11.1 Å². The summed E-state index contributed by atoms with van der Waals surface area (Å²) in [6.45, 7) is 15.5. The molecule has 2 saturated carbocycles. The van der Waals surface area contributed by atoms with E-state index in [1.165, 1.54) is 27.9 Å². The Bertz CT molecular complexity index is 1510. The lowest BCUT2D eigenvalue weighted by molar-refractivity contribution is -0.261. The molecule has 11 atom stereocenters. The lowest BCUT2D eigenvalue weighted by Crippen LogP contribution is -2.72. The number of hydrogen-bond acceptors (Lipinski definition) is 12. The summed E-state index contributed by atoms with van der Waals surface area (Å²) < 4.78 is 42.1. The van der Waals surface area contributed by atoms with Crippen molar-refractivity contribution in [3.8, 4) is 0 Å². The van der Waals surface area contributed by atoms with Crippen LogP contribution in [0.3, 0.4) is 0 Å². The molecule has 270 valence electrons. The topological polar surface area (TPSA) is 154 Å². The van der Waals surface area contributed by atoms with Gasteiger partial charge in [0.05, 0.1) is 38.3 Å². The molecule has 0 amide bonds. The third kappa shape index (κ3) is 5.97. The number of carbonyl (C=O) groups is 5. The predicted octanol–water partition coefficient (Wildman–Crippen LogP) is 5.08. The Morgan fingerprint density at radius 2 is 1.55 bits per heavy atom. The van der Waals surface area contributed by atoms with E-state index in [1.807, 2.05) is 33.8 Å². The highest BCUT2D eigenvalue weighted by Gasteiger charge is 2.77. The quantitative estimate of drug-likeness (QED) is 0.193. The van der Waals surface area contributed by atoms with Crippen LogP contribution < -0.4 is 0 Å². The van der Waals surface area contributed by atoms with E-state index in [1.54, 1.807) is 26.4 Å². The SMILES string of the molecule is COC(=O)C[C@H]1[C@](C)(C2=C(C)[C@H](c3ccoc3)C[C@@H]2OC(C)=O)[C@H](OC(=O)C(C)C)[C@@H]2OC[C@]3(C)[C@H](OC(C)=O)C[C@H](OC(C)=O)[C@@]1(C)[C@@H]23. The van der Waals surface area contributed by atoms with Gasteiger partial charge >= 0.3 is 29.8 Å². The minimum absolute atomic E-state index is 0.144. The normalized spacial score (nSPS) is 38.1. The van der Waals surface area contributed by atoms with Crippen LogP contribution in [0.4, 0.5) is 0 Å². The summed E-state index contributed by atoms with van der Waals surface area (Å²) in [4.78, 5) is 65.2. The smallest absolute Gasteiger partial charge is 0.308 e. The molecular weight excluding hydrogens is 636 g/mol. The van der Waals surface area contributed by atoms with Crippen molar-refractivity contribution in [2.45, 2.75) is 118 Å². The second-order valence-corrected chi connectivity index (χ2v) is 15.2. The van der Waals surface area contributed by atoms with Crippen molar-refractivity contribution in [3.63, 3.8) is 0 Å². The van der Waals surface area contributed by atoms with Crippen LogP contribution in [0.25, 0.3) is 0 Å².